The molecule has 0 aliphatic carbocycles. The first-order valence-electron chi connectivity index (χ1n) is 26.9. The fraction of sp³-hybridized carbons (Fsp3) is 0.833. The molecule has 0 fully saturated rings. The highest BCUT2D eigenvalue weighted by atomic mass is 16.3. The van der Waals surface area contributed by atoms with Crippen LogP contribution in [-0.2, 0) is 19.6 Å². The summed E-state index contributed by atoms with van der Waals surface area (Å²) in [5, 5.41) is 35.2. The Morgan fingerprint density at radius 1 is 0.347 bits per heavy atom. The molecule has 72 heavy (non-hydrogen) atoms. The van der Waals surface area contributed by atoms with E-state index >= 15 is 0 Å². The van der Waals surface area contributed by atoms with Gasteiger partial charge in [0.05, 0.1) is 77.2 Å². The molecule has 0 aliphatic heterocycles. The summed E-state index contributed by atoms with van der Waals surface area (Å²) in [7, 11) is 0. The zero-order valence-electron chi connectivity index (χ0n) is 48.4. The van der Waals surface area contributed by atoms with E-state index in [2.05, 4.69) is 83.1 Å². The molecule has 1 heterocycles. The molecule has 3 N–H and O–H groups in total. The molecule has 414 valence electrons. The van der Waals surface area contributed by atoms with E-state index < -0.39 is 55.0 Å². The Labute approximate surface area is 434 Å². The molecule has 1 aromatic rings. The predicted octanol–water partition coefficient (Wildman–Crippen LogP) is 4.86. The van der Waals surface area contributed by atoms with Crippen LogP contribution in [0.2, 0.25) is 0 Å². The quantitative estimate of drug-likeness (QED) is 0.0783. The fourth-order valence-corrected chi connectivity index (χ4v) is 7.04. The molecule has 0 aliphatic rings. The van der Waals surface area contributed by atoms with Crippen LogP contribution in [-0.4, -0.2) is 194 Å². The topological polar surface area (TPSA) is 211 Å². The van der Waals surface area contributed by atoms with Crippen molar-refractivity contribution in [3.8, 4) is 0 Å². The summed E-state index contributed by atoms with van der Waals surface area (Å²) in [6.07, 6.45) is -3.64. The number of aliphatic hydroxyl groups excluding tert-OH is 3. The van der Waals surface area contributed by atoms with Crippen molar-refractivity contribution in [2.75, 3.05) is 98.2 Å². The number of aliphatic hydroxyl groups is 3. The highest BCUT2D eigenvalue weighted by Crippen LogP contribution is 2.06. The largest absolute Gasteiger partial charge is 0.390 e. The third-order valence-electron chi connectivity index (χ3n) is 13.7. The first kappa shape index (κ1) is 66.2. The molecule has 0 spiro atoms. The van der Waals surface area contributed by atoms with Gasteiger partial charge in [0.25, 0.3) is 0 Å². The van der Waals surface area contributed by atoms with Gasteiger partial charge in [0.2, 0.25) is 0 Å². The number of rotatable bonds is 36. The average Bonchev–Trinajstić information content (AvgIpc) is 3.29. The number of aromatic nitrogens is 3. The van der Waals surface area contributed by atoms with E-state index in [9.17, 15) is 29.7 Å². The lowest BCUT2D eigenvalue weighted by atomic mass is 10.1. The lowest BCUT2D eigenvalue weighted by Gasteiger charge is -2.27. The van der Waals surface area contributed by atoms with Gasteiger partial charge < -0.3 is 15.3 Å². The van der Waals surface area contributed by atoms with Gasteiger partial charge in [-0.25, -0.2) is 28.1 Å². The van der Waals surface area contributed by atoms with Crippen molar-refractivity contribution in [3.63, 3.8) is 0 Å². The van der Waals surface area contributed by atoms with Crippen LogP contribution in [0.1, 0.15) is 125 Å². The van der Waals surface area contributed by atoms with Crippen molar-refractivity contribution in [1.29, 1.82) is 0 Å². The molecule has 3 unspecified atom stereocenters. The maximum Gasteiger partial charge on any atom is 0.336 e. The summed E-state index contributed by atoms with van der Waals surface area (Å²) in [5.74, 6) is 1.74. The molecule has 1 rings (SSSR count). The van der Waals surface area contributed by atoms with Gasteiger partial charge in [0.15, 0.2) is 0 Å². The van der Waals surface area contributed by atoms with E-state index in [1.54, 1.807) is 0 Å². The van der Waals surface area contributed by atoms with Crippen molar-refractivity contribution < 1.29 is 15.3 Å². The molecular weight excluding hydrogens is 913 g/mol. The van der Waals surface area contributed by atoms with Crippen molar-refractivity contribution in [1.82, 2.24) is 28.4 Å². The third-order valence-corrected chi connectivity index (χ3v) is 13.7. The molecular formula is C54H102N12O6. The molecule has 18 nitrogen and oxygen atoms in total. The molecule has 0 aromatic carbocycles. The fourth-order valence-electron chi connectivity index (χ4n) is 7.04. The Bertz CT molecular complexity index is 1760. The van der Waals surface area contributed by atoms with E-state index in [0.29, 0.717) is 78.5 Å². The van der Waals surface area contributed by atoms with Gasteiger partial charge in [0, 0.05) is 93.2 Å². The molecule has 18 heteroatoms. The Morgan fingerprint density at radius 2 is 0.500 bits per heavy atom. The second-order valence-corrected chi connectivity index (χ2v) is 21.6. The van der Waals surface area contributed by atoms with Gasteiger partial charge in [0.1, 0.15) is 0 Å². The van der Waals surface area contributed by atoms with Crippen LogP contribution in [0.3, 0.4) is 0 Å². The monoisotopic (exact) mass is 1010 g/mol. The summed E-state index contributed by atoms with van der Waals surface area (Å²) in [5.41, 5.74) is 3.25. The van der Waals surface area contributed by atoms with E-state index in [1.165, 1.54) is 0 Å². The molecule has 0 radical (unpaired) electrons. The van der Waals surface area contributed by atoms with Crippen LogP contribution in [0.4, 0.5) is 0 Å². The van der Waals surface area contributed by atoms with Crippen LogP contribution in [0, 0.1) is 35.5 Å². The van der Waals surface area contributed by atoms with Gasteiger partial charge in [-0.1, -0.05) is 83.1 Å². The Morgan fingerprint density at radius 3 is 0.639 bits per heavy atom. The maximum atomic E-state index is 14.5. The number of aliphatic imine (C=N–C) groups is 6. The highest BCUT2D eigenvalue weighted by Gasteiger charge is 2.24. The van der Waals surface area contributed by atoms with Crippen molar-refractivity contribution in [2.24, 2.45) is 65.5 Å². The van der Waals surface area contributed by atoms with E-state index in [4.69, 9.17) is 30.0 Å². The Hall–Kier alpha value is -3.81. The van der Waals surface area contributed by atoms with Crippen LogP contribution in [0.5, 0.6) is 0 Å². The van der Waals surface area contributed by atoms with E-state index in [1.807, 2.05) is 56.2 Å². The normalized spacial score (nSPS) is 15.4. The van der Waals surface area contributed by atoms with Gasteiger partial charge in [-0.05, 0) is 77.0 Å². The SMILES string of the molecule is C/C(=N\CCN(CC/N=C(\C)C(C)C)CC(O)Cn1c(=O)n(CC(O)CN(CC/N=C(\C)C(C)C)CC/N=C(\C)C(C)C)c(=O)n(CC(O)CN(CC/N=C(\C)C(C)C)CC/N=C(\C)C(C)C)c1=O)C(C)C. The van der Waals surface area contributed by atoms with Crippen LogP contribution in [0.15, 0.2) is 44.3 Å². The molecule has 0 saturated heterocycles. The van der Waals surface area contributed by atoms with Crippen molar-refractivity contribution in [2.45, 2.75) is 163 Å². The van der Waals surface area contributed by atoms with Crippen LogP contribution >= 0.6 is 0 Å². The number of hydrogen-bond donors (Lipinski definition) is 3. The molecule has 0 saturated carbocycles. The molecule has 0 bridgehead atoms. The summed E-state index contributed by atoms with van der Waals surface area (Å²) in [6, 6.07) is 0. The Kier molecular flexibility index (Phi) is 31.8. The molecule has 3 atom stereocenters. The Balaban J connectivity index is 3.84. The highest BCUT2D eigenvalue weighted by molar-refractivity contribution is 5.85. The first-order valence-corrected chi connectivity index (χ1v) is 26.9. The lowest BCUT2D eigenvalue weighted by Crippen LogP contribution is -2.58. The summed E-state index contributed by atoms with van der Waals surface area (Å²) < 4.78 is 2.59. The summed E-state index contributed by atoms with van der Waals surface area (Å²) in [4.78, 5) is 77.8. The summed E-state index contributed by atoms with van der Waals surface area (Å²) in [6.45, 7) is 42.0. The van der Waals surface area contributed by atoms with Crippen molar-refractivity contribution in [3.05, 3.63) is 31.5 Å². The minimum Gasteiger partial charge on any atom is -0.390 e. The average molecular weight is 1020 g/mol. The lowest BCUT2D eigenvalue weighted by molar-refractivity contribution is 0.0833. The van der Waals surface area contributed by atoms with Crippen LogP contribution in [0.25, 0.3) is 0 Å². The molecule has 0 amide bonds. The van der Waals surface area contributed by atoms with Gasteiger partial charge >= 0.3 is 17.1 Å². The molecule has 1 aromatic heterocycles. The number of hydrogen-bond acceptors (Lipinski definition) is 15. The third kappa shape index (κ3) is 25.9. The smallest absolute Gasteiger partial charge is 0.336 e. The standard InChI is InChI=1S/C54H102N12O6/c1-37(2)43(13)55-19-25-61(26-20-56-44(14)38(3)4)31-49(67)34-64-52(70)65(35-50(68)32-62(27-21-57-45(15)39(5)6)28-22-58-46(16)40(7)8)54(72)66(53(64)71)36-51(69)33-63(29-23-59-47(17)41(9)10)30-24-60-48(18)42(11)12/h37-42,49-51,67-69H,19-36H2,1-18H3/b55-43+,56-44+,57-45+,58-46+,59-47+,60-48+. The first-order chi connectivity index (χ1) is 33.7. The second-order valence-electron chi connectivity index (χ2n) is 21.6. The second kappa shape index (κ2) is 34.6. The zero-order chi connectivity index (χ0) is 54.8. The van der Waals surface area contributed by atoms with E-state index in [-0.39, 0.29) is 55.1 Å². The number of nitrogens with zero attached hydrogens (tertiary/aromatic N) is 12. The van der Waals surface area contributed by atoms with Gasteiger partial charge in [-0.3, -0.25) is 44.7 Å². The van der Waals surface area contributed by atoms with Crippen LogP contribution < -0.4 is 17.1 Å². The minimum absolute atomic E-state index is 0.0989. The zero-order valence-corrected chi connectivity index (χ0v) is 48.4. The van der Waals surface area contributed by atoms with Gasteiger partial charge in [-0.15, -0.1) is 0 Å². The van der Waals surface area contributed by atoms with Crippen molar-refractivity contribution >= 4 is 34.3 Å². The maximum absolute atomic E-state index is 14.5. The van der Waals surface area contributed by atoms with Gasteiger partial charge in [-0.2, -0.15) is 0 Å². The minimum atomic E-state index is -1.21. The van der Waals surface area contributed by atoms with E-state index in [0.717, 1.165) is 48.0 Å². The summed E-state index contributed by atoms with van der Waals surface area (Å²) >= 11 is 0. The predicted molar refractivity (Wildman–Crippen MR) is 303 cm³/mol.